The molecule has 9 heteroatoms. The molecule has 5 heterocycles. The molecule has 0 radical (unpaired) electrons. The number of hydrogen-bond donors (Lipinski definition) is 0. The Kier molecular flexibility index (Phi) is 6.58. The van der Waals surface area contributed by atoms with E-state index in [2.05, 4.69) is 16.0 Å². The predicted octanol–water partition coefficient (Wildman–Crippen LogP) is 3.63. The molecule has 9 nitrogen and oxygen atoms in total. The lowest BCUT2D eigenvalue weighted by Crippen LogP contribution is -2.44. The van der Waals surface area contributed by atoms with Gasteiger partial charge in [-0.3, -0.25) is 9.78 Å². The van der Waals surface area contributed by atoms with E-state index in [0.29, 0.717) is 50.7 Å². The van der Waals surface area contributed by atoms with Gasteiger partial charge in [-0.1, -0.05) is 6.07 Å². The molecule has 1 unspecified atom stereocenters. The number of nitriles is 1. The Morgan fingerprint density at radius 1 is 1.24 bits per heavy atom. The van der Waals surface area contributed by atoms with E-state index < -0.39 is 0 Å². The van der Waals surface area contributed by atoms with Crippen molar-refractivity contribution in [3.05, 3.63) is 54.2 Å². The highest BCUT2D eigenvalue weighted by Crippen LogP contribution is 2.32. The minimum absolute atomic E-state index is 0.0904. The van der Waals surface area contributed by atoms with Crippen LogP contribution in [0.5, 0.6) is 0 Å². The van der Waals surface area contributed by atoms with Crippen LogP contribution in [-0.2, 0) is 16.1 Å². The van der Waals surface area contributed by atoms with Crippen LogP contribution in [0.15, 0.2) is 51.8 Å². The third-order valence-electron chi connectivity index (χ3n) is 6.43. The van der Waals surface area contributed by atoms with Crippen LogP contribution < -0.4 is 4.90 Å². The molecule has 1 atom stereocenters. The third-order valence-corrected chi connectivity index (χ3v) is 6.43. The Hall–Kier alpha value is -3.64. The van der Waals surface area contributed by atoms with Crippen LogP contribution in [0.1, 0.15) is 36.9 Å². The summed E-state index contributed by atoms with van der Waals surface area (Å²) in [6.45, 7) is 3.11. The van der Waals surface area contributed by atoms with Crippen molar-refractivity contribution in [1.29, 1.82) is 5.26 Å². The molecule has 3 aromatic heterocycles. The van der Waals surface area contributed by atoms with Gasteiger partial charge in [0.05, 0.1) is 12.4 Å². The number of carbonyl (C=O) groups excluding carboxylic acids is 1. The second-order valence-electron chi connectivity index (χ2n) is 8.74. The zero-order valence-electron chi connectivity index (χ0n) is 18.9. The molecule has 0 N–H and O–H groups in total. The highest BCUT2D eigenvalue weighted by molar-refractivity contribution is 5.79. The zero-order valence-corrected chi connectivity index (χ0v) is 18.9. The molecule has 176 valence electrons. The van der Waals surface area contributed by atoms with Crippen molar-refractivity contribution >= 4 is 11.8 Å². The monoisotopic (exact) mass is 461 g/mol. The highest BCUT2D eigenvalue weighted by Gasteiger charge is 2.33. The van der Waals surface area contributed by atoms with Gasteiger partial charge in [0.25, 0.3) is 5.89 Å². The minimum atomic E-state index is -0.0904. The lowest BCUT2D eigenvalue weighted by molar-refractivity contribution is -0.138. The lowest BCUT2D eigenvalue weighted by Gasteiger charge is -2.35. The summed E-state index contributed by atoms with van der Waals surface area (Å²) in [6.07, 6.45) is 8.55. The molecule has 1 amide bonds. The fraction of sp³-hybridized carbons (Fsp3) is 0.440. The summed E-state index contributed by atoms with van der Waals surface area (Å²) in [5, 5.41) is 9.54. The van der Waals surface area contributed by atoms with Crippen LogP contribution in [-0.4, -0.2) is 53.1 Å². The van der Waals surface area contributed by atoms with E-state index in [1.807, 2.05) is 28.1 Å². The van der Waals surface area contributed by atoms with Crippen LogP contribution in [0.2, 0.25) is 0 Å². The summed E-state index contributed by atoms with van der Waals surface area (Å²) in [5.74, 6) is 1.26. The number of furan rings is 1. The summed E-state index contributed by atoms with van der Waals surface area (Å²) < 4.78 is 17.0. The summed E-state index contributed by atoms with van der Waals surface area (Å²) in [6, 6.07) is 9.49. The Morgan fingerprint density at radius 3 is 2.79 bits per heavy atom. The molecule has 2 fully saturated rings. The summed E-state index contributed by atoms with van der Waals surface area (Å²) in [5.41, 5.74) is 1.24. The molecule has 2 saturated heterocycles. The largest absolute Gasteiger partial charge is 0.459 e. The maximum atomic E-state index is 13.5. The number of hydrogen-bond acceptors (Lipinski definition) is 8. The molecular formula is C25H27N5O4. The van der Waals surface area contributed by atoms with E-state index in [4.69, 9.17) is 13.6 Å². The van der Waals surface area contributed by atoms with Crippen LogP contribution >= 0.6 is 0 Å². The standard InChI is InChI=1S/C25H27N5O4/c26-14-21-25(34-23(28-21)22-6-3-13-33-22)29-10-7-19(8-11-29)24(31)30(17-20-5-2-12-32-20)16-18-4-1-9-27-15-18/h1,3-4,6,9,13,15,19-20H,2,5,7-8,10-12,16-17H2. The van der Waals surface area contributed by atoms with Gasteiger partial charge in [-0.25, -0.2) is 0 Å². The summed E-state index contributed by atoms with van der Waals surface area (Å²) in [7, 11) is 0. The number of rotatable bonds is 7. The van der Waals surface area contributed by atoms with Gasteiger partial charge in [-0.05, 0) is 49.4 Å². The van der Waals surface area contributed by atoms with Gasteiger partial charge in [-0.15, -0.1) is 0 Å². The molecule has 0 bridgehead atoms. The van der Waals surface area contributed by atoms with E-state index in [-0.39, 0.29) is 29.5 Å². The quantitative estimate of drug-likeness (QED) is 0.525. The van der Waals surface area contributed by atoms with Crippen molar-refractivity contribution in [3.8, 4) is 17.7 Å². The second kappa shape index (κ2) is 10.1. The zero-order chi connectivity index (χ0) is 23.3. The molecule has 0 aromatic carbocycles. The molecule has 2 aliphatic heterocycles. The van der Waals surface area contributed by atoms with Gasteiger partial charge in [0.15, 0.2) is 5.76 Å². The summed E-state index contributed by atoms with van der Waals surface area (Å²) in [4.78, 5) is 25.9. The van der Waals surface area contributed by atoms with Gasteiger partial charge in [0.1, 0.15) is 6.07 Å². The van der Waals surface area contributed by atoms with Crippen LogP contribution in [0, 0.1) is 17.2 Å². The number of piperidine rings is 1. The smallest absolute Gasteiger partial charge is 0.266 e. The maximum absolute atomic E-state index is 13.5. The first-order valence-corrected chi connectivity index (χ1v) is 11.7. The van der Waals surface area contributed by atoms with Gasteiger partial charge in [0.2, 0.25) is 17.5 Å². The first-order valence-electron chi connectivity index (χ1n) is 11.7. The van der Waals surface area contributed by atoms with Crippen LogP contribution in [0.25, 0.3) is 11.7 Å². The molecule has 0 saturated carbocycles. The van der Waals surface area contributed by atoms with E-state index in [1.165, 1.54) is 6.26 Å². The minimum Gasteiger partial charge on any atom is -0.459 e. The number of pyridine rings is 1. The third kappa shape index (κ3) is 4.82. The molecule has 3 aromatic rings. The lowest BCUT2D eigenvalue weighted by atomic mass is 9.94. The molecule has 0 spiro atoms. The predicted molar refractivity (Wildman–Crippen MR) is 122 cm³/mol. The Morgan fingerprint density at radius 2 is 2.12 bits per heavy atom. The molecule has 34 heavy (non-hydrogen) atoms. The van der Waals surface area contributed by atoms with Crippen LogP contribution in [0.4, 0.5) is 5.88 Å². The Balaban J connectivity index is 1.26. The van der Waals surface area contributed by atoms with E-state index in [9.17, 15) is 10.1 Å². The van der Waals surface area contributed by atoms with Gasteiger partial charge >= 0.3 is 0 Å². The Labute approximate surface area is 197 Å². The first kappa shape index (κ1) is 22.2. The number of anilines is 1. The van der Waals surface area contributed by atoms with Crippen molar-refractivity contribution in [2.24, 2.45) is 5.92 Å². The van der Waals surface area contributed by atoms with E-state index >= 15 is 0 Å². The van der Waals surface area contributed by atoms with Crippen molar-refractivity contribution in [1.82, 2.24) is 14.9 Å². The average molecular weight is 462 g/mol. The number of nitrogens with zero attached hydrogens (tertiary/aromatic N) is 5. The number of aromatic nitrogens is 2. The first-order chi connectivity index (χ1) is 16.7. The topological polar surface area (TPSA) is 109 Å². The molecular weight excluding hydrogens is 434 g/mol. The van der Waals surface area contributed by atoms with Crippen molar-refractivity contribution in [2.45, 2.75) is 38.3 Å². The maximum Gasteiger partial charge on any atom is 0.266 e. The normalized spacial score (nSPS) is 18.7. The van der Waals surface area contributed by atoms with Gasteiger partial charge in [0, 0.05) is 51.1 Å². The molecule has 5 rings (SSSR count). The van der Waals surface area contributed by atoms with Crippen molar-refractivity contribution < 1.29 is 18.4 Å². The molecule has 2 aliphatic rings. The fourth-order valence-electron chi connectivity index (χ4n) is 4.67. The van der Waals surface area contributed by atoms with Gasteiger partial charge < -0.3 is 23.4 Å². The molecule has 0 aliphatic carbocycles. The second-order valence-corrected chi connectivity index (χ2v) is 8.74. The van der Waals surface area contributed by atoms with E-state index in [1.54, 1.807) is 18.3 Å². The number of oxazole rings is 1. The average Bonchev–Trinajstić information content (AvgIpc) is 3.66. The van der Waals surface area contributed by atoms with Crippen molar-refractivity contribution in [3.63, 3.8) is 0 Å². The fourth-order valence-corrected chi connectivity index (χ4v) is 4.67. The van der Waals surface area contributed by atoms with Crippen LogP contribution in [0.3, 0.4) is 0 Å². The Bertz CT molecular complexity index is 1120. The van der Waals surface area contributed by atoms with E-state index in [0.717, 1.165) is 25.0 Å². The number of amides is 1. The SMILES string of the molecule is N#Cc1nc(-c2ccco2)oc1N1CCC(C(=O)N(Cc2cccnc2)CC2CCCO2)CC1. The highest BCUT2D eigenvalue weighted by atomic mass is 16.5. The van der Waals surface area contributed by atoms with Gasteiger partial charge in [-0.2, -0.15) is 10.2 Å². The number of carbonyl (C=O) groups is 1. The number of ether oxygens (including phenoxy) is 1. The van der Waals surface area contributed by atoms with Crippen molar-refractivity contribution in [2.75, 3.05) is 31.1 Å². The summed E-state index contributed by atoms with van der Waals surface area (Å²) >= 11 is 0.